The summed E-state index contributed by atoms with van der Waals surface area (Å²) in [6.07, 6.45) is 0. The first-order valence-electron chi connectivity index (χ1n) is 3.74. The zero-order valence-corrected chi connectivity index (χ0v) is 7.96. The van der Waals surface area contributed by atoms with Gasteiger partial charge in [-0.3, -0.25) is 0 Å². The van der Waals surface area contributed by atoms with Crippen LogP contribution in [0.5, 0.6) is 0 Å². The standard InChI is InChI=1S/C7H16N2OS/c1-7(11)9-4-6-10-5-3-8-2/h8H,3-6H2,1-2H3,(H,9,11). The van der Waals surface area contributed by atoms with Gasteiger partial charge in [-0.15, -0.1) is 0 Å². The molecule has 0 heterocycles. The van der Waals surface area contributed by atoms with Crippen molar-refractivity contribution < 1.29 is 4.74 Å². The van der Waals surface area contributed by atoms with Crippen molar-refractivity contribution in [3.05, 3.63) is 0 Å². The molecule has 66 valence electrons. The van der Waals surface area contributed by atoms with Crippen molar-refractivity contribution in [2.24, 2.45) is 0 Å². The van der Waals surface area contributed by atoms with Gasteiger partial charge in [0.05, 0.1) is 18.2 Å². The van der Waals surface area contributed by atoms with E-state index in [1.807, 2.05) is 14.0 Å². The lowest BCUT2D eigenvalue weighted by Crippen LogP contribution is -2.24. The maximum absolute atomic E-state index is 5.24. The third-order valence-electron chi connectivity index (χ3n) is 1.12. The Labute approximate surface area is 73.5 Å². The van der Waals surface area contributed by atoms with Crippen molar-refractivity contribution >= 4 is 17.2 Å². The van der Waals surface area contributed by atoms with E-state index in [2.05, 4.69) is 10.6 Å². The lowest BCUT2D eigenvalue weighted by Gasteiger charge is -2.04. The zero-order chi connectivity index (χ0) is 8.53. The first kappa shape index (κ1) is 10.8. The third-order valence-corrected chi connectivity index (χ3v) is 1.26. The van der Waals surface area contributed by atoms with Crippen molar-refractivity contribution in [3.63, 3.8) is 0 Å². The van der Waals surface area contributed by atoms with Gasteiger partial charge in [0, 0.05) is 13.1 Å². The Bertz CT molecular complexity index is 109. The maximum atomic E-state index is 5.24. The largest absolute Gasteiger partial charge is 0.378 e. The van der Waals surface area contributed by atoms with Gasteiger partial charge in [0.1, 0.15) is 0 Å². The van der Waals surface area contributed by atoms with Gasteiger partial charge in [-0.25, -0.2) is 0 Å². The van der Waals surface area contributed by atoms with Crippen LogP contribution in [0.25, 0.3) is 0 Å². The molecule has 0 fully saturated rings. The molecule has 0 rings (SSSR count). The molecule has 4 heteroatoms. The molecule has 0 aromatic heterocycles. The van der Waals surface area contributed by atoms with Gasteiger partial charge in [-0.05, 0) is 14.0 Å². The van der Waals surface area contributed by atoms with E-state index in [-0.39, 0.29) is 0 Å². The van der Waals surface area contributed by atoms with Gasteiger partial charge in [-0.1, -0.05) is 12.2 Å². The first-order chi connectivity index (χ1) is 5.27. The summed E-state index contributed by atoms with van der Waals surface area (Å²) >= 11 is 4.82. The van der Waals surface area contributed by atoms with E-state index in [1.54, 1.807) is 0 Å². The summed E-state index contributed by atoms with van der Waals surface area (Å²) in [5, 5.41) is 6.00. The Balaban J connectivity index is 2.85. The number of hydrogen-bond acceptors (Lipinski definition) is 3. The van der Waals surface area contributed by atoms with Crippen LogP contribution >= 0.6 is 12.2 Å². The van der Waals surface area contributed by atoms with Crippen molar-refractivity contribution in [1.82, 2.24) is 10.6 Å². The second-order valence-corrected chi connectivity index (χ2v) is 2.81. The minimum Gasteiger partial charge on any atom is -0.378 e. The quantitative estimate of drug-likeness (QED) is 0.446. The Morgan fingerprint density at radius 1 is 1.36 bits per heavy atom. The first-order valence-corrected chi connectivity index (χ1v) is 4.15. The van der Waals surface area contributed by atoms with Crippen LogP contribution in [0.3, 0.4) is 0 Å². The Hall–Kier alpha value is -0.190. The van der Waals surface area contributed by atoms with E-state index in [1.165, 1.54) is 0 Å². The van der Waals surface area contributed by atoms with Crippen LogP contribution in [-0.2, 0) is 4.74 Å². The van der Waals surface area contributed by atoms with Gasteiger partial charge >= 0.3 is 0 Å². The number of hydrogen-bond donors (Lipinski definition) is 2. The number of thiocarbonyl (C=S) groups is 1. The van der Waals surface area contributed by atoms with Crippen LogP contribution < -0.4 is 10.6 Å². The molecule has 0 unspecified atom stereocenters. The fourth-order valence-electron chi connectivity index (χ4n) is 0.576. The second kappa shape index (κ2) is 7.91. The molecule has 0 saturated carbocycles. The molecule has 0 radical (unpaired) electrons. The fraction of sp³-hybridized carbons (Fsp3) is 0.857. The molecular weight excluding hydrogens is 160 g/mol. The van der Waals surface area contributed by atoms with E-state index < -0.39 is 0 Å². The Kier molecular flexibility index (Phi) is 7.78. The van der Waals surface area contributed by atoms with E-state index in [0.29, 0.717) is 0 Å². The van der Waals surface area contributed by atoms with Crippen LogP contribution in [-0.4, -0.2) is 38.3 Å². The third kappa shape index (κ3) is 9.81. The molecule has 0 spiro atoms. The minimum absolute atomic E-state index is 0.718. The lowest BCUT2D eigenvalue weighted by molar-refractivity contribution is 0.142. The minimum atomic E-state index is 0.718. The summed E-state index contributed by atoms with van der Waals surface area (Å²) in [6.45, 7) is 5.04. The average molecular weight is 176 g/mol. The monoisotopic (exact) mass is 176 g/mol. The maximum Gasteiger partial charge on any atom is 0.0722 e. The van der Waals surface area contributed by atoms with Gasteiger partial charge in [-0.2, -0.15) is 0 Å². The number of nitrogens with one attached hydrogen (secondary N) is 2. The van der Waals surface area contributed by atoms with Crippen LogP contribution in [0.15, 0.2) is 0 Å². The second-order valence-electron chi connectivity index (χ2n) is 2.20. The molecule has 0 aliphatic rings. The average Bonchev–Trinajstić information content (AvgIpc) is 1.96. The molecule has 0 bridgehead atoms. The molecule has 0 aliphatic carbocycles. The van der Waals surface area contributed by atoms with Crippen molar-refractivity contribution in [2.45, 2.75) is 6.92 Å². The van der Waals surface area contributed by atoms with Gasteiger partial charge < -0.3 is 15.4 Å². The Morgan fingerprint density at radius 2 is 2.00 bits per heavy atom. The van der Waals surface area contributed by atoms with Crippen LogP contribution in [0.2, 0.25) is 0 Å². The summed E-state index contributed by atoms with van der Waals surface area (Å²) < 4.78 is 5.24. The van der Waals surface area contributed by atoms with Gasteiger partial charge in [0.2, 0.25) is 0 Å². The number of likely N-dealkylation sites (N-methyl/N-ethyl adjacent to an activating group) is 1. The summed E-state index contributed by atoms with van der Waals surface area (Å²) in [5.41, 5.74) is 0. The molecule has 0 aromatic carbocycles. The lowest BCUT2D eigenvalue weighted by atomic mass is 10.6. The SMILES string of the molecule is CNCCOCCNC(C)=S. The van der Waals surface area contributed by atoms with Crippen LogP contribution in [0.1, 0.15) is 6.92 Å². The molecule has 0 atom stereocenters. The Morgan fingerprint density at radius 3 is 2.55 bits per heavy atom. The molecule has 0 saturated heterocycles. The number of rotatable bonds is 6. The van der Waals surface area contributed by atoms with Crippen molar-refractivity contribution in [3.8, 4) is 0 Å². The van der Waals surface area contributed by atoms with Crippen LogP contribution in [0.4, 0.5) is 0 Å². The molecule has 2 N–H and O–H groups in total. The predicted octanol–water partition coefficient (Wildman–Crippen LogP) is 0.159. The molecule has 3 nitrogen and oxygen atoms in total. The number of ether oxygens (including phenoxy) is 1. The van der Waals surface area contributed by atoms with E-state index in [0.717, 1.165) is 31.3 Å². The highest BCUT2D eigenvalue weighted by molar-refractivity contribution is 7.80. The summed E-state index contributed by atoms with van der Waals surface area (Å²) in [4.78, 5) is 0.821. The van der Waals surface area contributed by atoms with E-state index in [4.69, 9.17) is 17.0 Å². The smallest absolute Gasteiger partial charge is 0.0722 e. The molecule has 0 aliphatic heterocycles. The van der Waals surface area contributed by atoms with E-state index in [9.17, 15) is 0 Å². The zero-order valence-electron chi connectivity index (χ0n) is 7.14. The summed E-state index contributed by atoms with van der Waals surface area (Å²) in [5.74, 6) is 0. The fourth-order valence-corrected chi connectivity index (χ4v) is 0.678. The molecule has 11 heavy (non-hydrogen) atoms. The normalized spacial score (nSPS) is 9.64. The summed E-state index contributed by atoms with van der Waals surface area (Å²) in [6, 6.07) is 0. The van der Waals surface area contributed by atoms with Crippen LogP contribution in [0, 0.1) is 0 Å². The van der Waals surface area contributed by atoms with E-state index >= 15 is 0 Å². The van der Waals surface area contributed by atoms with Crippen molar-refractivity contribution in [2.75, 3.05) is 33.4 Å². The summed E-state index contributed by atoms with van der Waals surface area (Å²) in [7, 11) is 1.91. The highest BCUT2D eigenvalue weighted by atomic mass is 32.1. The van der Waals surface area contributed by atoms with Gasteiger partial charge in [0.15, 0.2) is 0 Å². The highest BCUT2D eigenvalue weighted by Gasteiger charge is 1.87. The molecule has 0 aromatic rings. The van der Waals surface area contributed by atoms with Crippen molar-refractivity contribution in [1.29, 1.82) is 0 Å². The molecule has 0 amide bonds. The topological polar surface area (TPSA) is 33.3 Å². The predicted molar refractivity (Wildman–Crippen MR) is 51.0 cm³/mol. The highest BCUT2D eigenvalue weighted by Crippen LogP contribution is 1.72. The van der Waals surface area contributed by atoms with Gasteiger partial charge in [0.25, 0.3) is 0 Å². The molecular formula is C7H16N2OS.